The minimum Gasteiger partial charge on any atom is -0.349 e. The molecule has 1 aromatic heterocycles. The molecule has 1 N–H and O–H groups in total. The molecule has 0 unspecified atom stereocenters. The fourth-order valence-electron chi connectivity index (χ4n) is 4.61. The first-order valence-electron chi connectivity index (χ1n) is 11.0. The van der Waals surface area contributed by atoms with E-state index in [1.165, 1.54) is 12.8 Å². The molecule has 2 fully saturated rings. The van der Waals surface area contributed by atoms with Crippen molar-refractivity contribution in [1.29, 1.82) is 0 Å². The van der Waals surface area contributed by atoms with E-state index in [2.05, 4.69) is 59.4 Å². The highest BCUT2D eigenvalue weighted by Gasteiger charge is 2.30. The second-order valence-corrected chi connectivity index (χ2v) is 8.93. The Hall–Kier alpha value is -2.95. The predicted octanol–water partition coefficient (Wildman–Crippen LogP) is 4.87. The molecule has 2 atom stereocenters. The Bertz CT molecular complexity index is 1110. The van der Waals surface area contributed by atoms with Crippen molar-refractivity contribution in [3.8, 4) is 11.1 Å². The van der Waals surface area contributed by atoms with Crippen LogP contribution in [0.4, 0.5) is 5.82 Å². The third-order valence-corrected chi connectivity index (χ3v) is 6.56. The number of nitrogens with zero attached hydrogens (tertiary/aromatic N) is 3. The summed E-state index contributed by atoms with van der Waals surface area (Å²) in [5.74, 6) is 0.996. The van der Waals surface area contributed by atoms with Crippen LogP contribution in [0.5, 0.6) is 0 Å². The molecule has 1 amide bonds. The summed E-state index contributed by atoms with van der Waals surface area (Å²) < 4.78 is 0. The van der Waals surface area contributed by atoms with Gasteiger partial charge in [-0.25, -0.2) is 0 Å². The molecule has 5 rings (SSSR count). The zero-order chi connectivity index (χ0) is 20.8. The van der Waals surface area contributed by atoms with Gasteiger partial charge in [0.2, 0.25) is 0 Å². The molecule has 0 spiro atoms. The van der Waals surface area contributed by atoms with Gasteiger partial charge in [-0.3, -0.25) is 4.79 Å². The van der Waals surface area contributed by atoms with Gasteiger partial charge in [0.25, 0.3) is 5.91 Å². The van der Waals surface area contributed by atoms with Crippen LogP contribution in [-0.2, 0) is 0 Å². The SMILES string of the molecule is Cc1ccc(C(=O)NC2CC2)cc1-c1ccc2c(N3[C@H](C)CC[C@H]3C)nncc2c1. The molecule has 1 saturated heterocycles. The molecule has 3 aromatic rings. The highest BCUT2D eigenvalue weighted by atomic mass is 16.1. The minimum absolute atomic E-state index is 0.0182. The van der Waals surface area contributed by atoms with Crippen LogP contribution in [0.1, 0.15) is 55.5 Å². The van der Waals surface area contributed by atoms with Crippen LogP contribution in [0.25, 0.3) is 21.9 Å². The highest BCUT2D eigenvalue weighted by molar-refractivity contribution is 5.98. The molecular weight excluding hydrogens is 372 g/mol. The number of aryl methyl sites for hydroxylation is 1. The summed E-state index contributed by atoms with van der Waals surface area (Å²) in [5, 5.41) is 14.1. The number of hydrogen-bond acceptors (Lipinski definition) is 4. The Morgan fingerprint density at radius 2 is 1.80 bits per heavy atom. The summed E-state index contributed by atoms with van der Waals surface area (Å²) in [4.78, 5) is 14.9. The van der Waals surface area contributed by atoms with E-state index in [4.69, 9.17) is 0 Å². The first-order valence-corrected chi connectivity index (χ1v) is 11.0. The molecule has 5 nitrogen and oxygen atoms in total. The molecule has 154 valence electrons. The molecule has 2 aromatic carbocycles. The van der Waals surface area contributed by atoms with Crippen molar-refractivity contribution >= 4 is 22.5 Å². The van der Waals surface area contributed by atoms with Gasteiger partial charge in [-0.05, 0) is 87.4 Å². The van der Waals surface area contributed by atoms with Crippen LogP contribution in [-0.4, -0.2) is 34.2 Å². The van der Waals surface area contributed by atoms with E-state index in [1.807, 2.05) is 24.4 Å². The van der Waals surface area contributed by atoms with Crippen LogP contribution in [0.15, 0.2) is 42.6 Å². The van der Waals surface area contributed by atoms with Crippen molar-refractivity contribution < 1.29 is 4.79 Å². The van der Waals surface area contributed by atoms with E-state index < -0.39 is 0 Å². The molecule has 2 aliphatic rings. The molecule has 30 heavy (non-hydrogen) atoms. The summed E-state index contributed by atoms with van der Waals surface area (Å²) in [7, 11) is 0. The third-order valence-electron chi connectivity index (χ3n) is 6.56. The number of amides is 1. The zero-order valence-corrected chi connectivity index (χ0v) is 17.9. The number of nitrogens with one attached hydrogen (secondary N) is 1. The molecule has 0 bridgehead atoms. The second-order valence-electron chi connectivity index (χ2n) is 8.93. The van der Waals surface area contributed by atoms with Crippen LogP contribution < -0.4 is 10.2 Å². The number of carbonyl (C=O) groups is 1. The summed E-state index contributed by atoms with van der Waals surface area (Å²) in [5.41, 5.74) is 4.06. The maximum atomic E-state index is 12.5. The lowest BCUT2D eigenvalue weighted by molar-refractivity contribution is 0.0951. The molecule has 1 saturated carbocycles. The van der Waals surface area contributed by atoms with E-state index in [-0.39, 0.29) is 5.91 Å². The molecule has 2 heterocycles. The Morgan fingerprint density at radius 1 is 1.03 bits per heavy atom. The lowest BCUT2D eigenvalue weighted by Gasteiger charge is -2.28. The first kappa shape index (κ1) is 19.0. The lowest BCUT2D eigenvalue weighted by atomic mass is 9.96. The van der Waals surface area contributed by atoms with Gasteiger partial charge in [0.1, 0.15) is 0 Å². The fourth-order valence-corrected chi connectivity index (χ4v) is 4.61. The number of fused-ring (bicyclic) bond motifs is 1. The van der Waals surface area contributed by atoms with Gasteiger partial charge in [-0.15, -0.1) is 5.10 Å². The number of hydrogen-bond donors (Lipinski definition) is 1. The number of rotatable bonds is 4. The normalized spacial score (nSPS) is 21.2. The molecule has 1 aliphatic carbocycles. The predicted molar refractivity (Wildman–Crippen MR) is 121 cm³/mol. The average Bonchev–Trinajstić information content (AvgIpc) is 3.50. The number of aromatic nitrogens is 2. The van der Waals surface area contributed by atoms with Crippen molar-refractivity contribution in [2.24, 2.45) is 0 Å². The fraction of sp³-hybridized carbons (Fsp3) is 0.400. The summed E-state index contributed by atoms with van der Waals surface area (Å²) in [6.45, 7) is 6.62. The number of benzene rings is 2. The van der Waals surface area contributed by atoms with Gasteiger partial charge in [0.05, 0.1) is 6.20 Å². The maximum absolute atomic E-state index is 12.5. The smallest absolute Gasteiger partial charge is 0.251 e. The number of anilines is 1. The zero-order valence-electron chi connectivity index (χ0n) is 17.9. The van der Waals surface area contributed by atoms with Gasteiger partial charge in [0, 0.05) is 34.5 Å². The highest BCUT2D eigenvalue weighted by Crippen LogP contribution is 2.35. The Balaban J connectivity index is 1.53. The second kappa shape index (κ2) is 7.38. The quantitative estimate of drug-likeness (QED) is 0.678. The van der Waals surface area contributed by atoms with Crippen molar-refractivity contribution in [2.45, 2.75) is 64.6 Å². The molecule has 5 heteroatoms. The average molecular weight is 401 g/mol. The van der Waals surface area contributed by atoms with E-state index in [1.54, 1.807) is 0 Å². The Labute approximate surface area is 177 Å². The topological polar surface area (TPSA) is 58.1 Å². The van der Waals surface area contributed by atoms with E-state index in [0.29, 0.717) is 18.1 Å². The van der Waals surface area contributed by atoms with Crippen LogP contribution in [0, 0.1) is 6.92 Å². The van der Waals surface area contributed by atoms with Crippen molar-refractivity contribution in [2.75, 3.05) is 4.90 Å². The third kappa shape index (κ3) is 3.42. The van der Waals surface area contributed by atoms with Gasteiger partial charge in [-0.1, -0.05) is 12.1 Å². The Morgan fingerprint density at radius 3 is 2.53 bits per heavy atom. The lowest BCUT2D eigenvalue weighted by Crippen LogP contribution is -2.33. The van der Waals surface area contributed by atoms with Gasteiger partial charge < -0.3 is 10.2 Å². The van der Waals surface area contributed by atoms with Crippen molar-refractivity contribution in [3.05, 3.63) is 53.7 Å². The Kier molecular flexibility index (Phi) is 4.69. The largest absolute Gasteiger partial charge is 0.349 e. The van der Waals surface area contributed by atoms with Crippen molar-refractivity contribution in [1.82, 2.24) is 15.5 Å². The standard InChI is InChI=1S/C25H28N4O/c1-15-4-7-19(25(30)27-21-9-10-21)13-23(15)18-8-11-22-20(12-18)14-26-28-24(22)29-16(2)5-6-17(29)3/h4,7-8,11-14,16-17,21H,5-6,9-10H2,1-3H3,(H,27,30)/t16-,17-/m1/s1. The maximum Gasteiger partial charge on any atom is 0.251 e. The first-order chi connectivity index (χ1) is 14.5. The van der Waals surface area contributed by atoms with Crippen LogP contribution in [0.3, 0.4) is 0 Å². The van der Waals surface area contributed by atoms with E-state index in [9.17, 15) is 4.79 Å². The van der Waals surface area contributed by atoms with Gasteiger partial charge in [0.15, 0.2) is 5.82 Å². The molecule has 0 radical (unpaired) electrons. The molecular formula is C25H28N4O. The summed E-state index contributed by atoms with van der Waals surface area (Å²) in [6, 6.07) is 13.7. The van der Waals surface area contributed by atoms with E-state index >= 15 is 0 Å². The van der Waals surface area contributed by atoms with Crippen LogP contribution in [0.2, 0.25) is 0 Å². The summed E-state index contributed by atoms with van der Waals surface area (Å²) in [6.07, 6.45) is 6.39. The monoisotopic (exact) mass is 400 g/mol. The van der Waals surface area contributed by atoms with Crippen LogP contribution >= 0.6 is 0 Å². The molecule has 1 aliphatic heterocycles. The number of carbonyl (C=O) groups excluding carboxylic acids is 1. The van der Waals surface area contributed by atoms with Crippen molar-refractivity contribution in [3.63, 3.8) is 0 Å². The van der Waals surface area contributed by atoms with E-state index in [0.717, 1.165) is 51.7 Å². The summed E-state index contributed by atoms with van der Waals surface area (Å²) >= 11 is 0. The van der Waals surface area contributed by atoms with Gasteiger partial charge in [-0.2, -0.15) is 5.10 Å². The van der Waals surface area contributed by atoms with Gasteiger partial charge >= 0.3 is 0 Å². The minimum atomic E-state index is 0.0182.